The molecule has 42 heavy (non-hydrogen) atoms. The van der Waals surface area contributed by atoms with Gasteiger partial charge >= 0.3 is 5.97 Å². The molecule has 0 amide bonds. The van der Waals surface area contributed by atoms with Gasteiger partial charge in [-0.25, -0.2) is 9.79 Å². The zero-order valence-corrected chi connectivity index (χ0v) is 26.5. The molecule has 0 radical (unpaired) electrons. The standard InChI is InChI=1S/C32H29IN2O6S/c1-5-40-31(37)27-19(2)34-32-35(28(27)22-13-9-10-14-24(22)38-3)30(36)26(42-32)17-21-15-23(33)29(25(16-21)39-4)41-18-20-11-7-6-8-12-20/h6-17,28H,5,18H2,1-4H3/b26-17-. The lowest BCUT2D eigenvalue weighted by atomic mass is 9.95. The first-order valence-corrected chi connectivity index (χ1v) is 15.1. The van der Waals surface area contributed by atoms with E-state index < -0.39 is 12.0 Å². The van der Waals surface area contributed by atoms with Crippen molar-refractivity contribution in [3.05, 3.63) is 118 Å². The van der Waals surface area contributed by atoms with Crippen molar-refractivity contribution in [1.82, 2.24) is 4.57 Å². The van der Waals surface area contributed by atoms with E-state index in [2.05, 4.69) is 27.6 Å². The van der Waals surface area contributed by atoms with Crippen molar-refractivity contribution in [1.29, 1.82) is 0 Å². The van der Waals surface area contributed by atoms with Gasteiger partial charge < -0.3 is 18.9 Å². The van der Waals surface area contributed by atoms with Crippen molar-refractivity contribution in [3.8, 4) is 17.2 Å². The Morgan fingerprint density at radius 3 is 2.48 bits per heavy atom. The minimum Gasteiger partial charge on any atom is -0.496 e. The summed E-state index contributed by atoms with van der Waals surface area (Å²) >= 11 is 3.47. The van der Waals surface area contributed by atoms with E-state index in [1.54, 1.807) is 44.8 Å². The summed E-state index contributed by atoms with van der Waals surface area (Å²) in [5, 5.41) is 0. The molecule has 5 rings (SSSR count). The quantitative estimate of drug-likeness (QED) is 0.181. The van der Waals surface area contributed by atoms with Crippen LogP contribution in [0.5, 0.6) is 17.2 Å². The maximum atomic E-state index is 14.0. The van der Waals surface area contributed by atoms with Gasteiger partial charge in [0.05, 0.1) is 40.2 Å². The molecule has 0 spiro atoms. The Balaban J connectivity index is 1.61. The van der Waals surface area contributed by atoms with Crippen molar-refractivity contribution in [2.24, 2.45) is 4.99 Å². The van der Waals surface area contributed by atoms with E-state index in [-0.39, 0.29) is 12.2 Å². The third kappa shape index (κ3) is 5.86. The molecule has 0 saturated heterocycles. The highest BCUT2D eigenvalue weighted by Gasteiger charge is 2.35. The Bertz CT molecular complexity index is 1840. The smallest absolute Gasteiger partial charge is 0.338 e. The van der Waals surface area contributed by atoms with E-state index in [0.29, 0.717) is 50.0 Å². The third-order valence-electron chi connectivity index (χ3n) is 6.73. The first-order valence-electron chi connectivity index (χ1n) is 13.2. The second kappa shape index (κ2) is 13.0. The van der Waals surface area contributed by atoms with Crippen molar-refractivity contribution in [2.75, 3.05) is 20.8 Å². The molecule has 0 bridgehead atoms. The molecule has 4 aromatic rings. The fourth-order valence-electron chi connectivity index (χ4n) is 4.82. The SMILES string of the molecule is CCOC(=O)C1=C(C)N=c2s/c(=C\c3cc(I)c(OCc4ccccc4)c(OC)c3)c(=O)n2C1c1ccccc1OC. The fourth-order valence-corrected chi connectivity index (χ4v) is 6.65. The minimum atomic E-state index is -0.762. The zero-order valence-electron chi connectivity index (χ0n) is 23.5. The van der Waals surface area contributed by atoms with Crippen LogP contribution >= 0.6 is 33.9 Å². The summed E-state index contributed by atoms with van der Waals surface area (Å²) in [5.41, 5.74) is 3.00. The van der Waals surface area contributed by atoms with Crippen LogP contribution in [0.25, 0.3) is 6.08 Å². The third-order valence-corrected chi connectivity index (χ3v) is 8.51. The highest BCUT2D eigenvalue weighted by molar-refractivity contribution is 14.1. The van der Waals surface area contributed by atoms with E-state index in [1.165, 1.54) is 11.3 Å². The molecule has 1 aliphatic rings. The van der Waals surface area contributed by atoms with Crippen LogP contribution in [0, 0.1) is 3.57 Å². The molecule has 0 aliphatic carbocycles. The molecule has 0 N–H and O–H groups in total. The average Bonchev–Trinajstić information content (AvgIpc) is 3.29. The van der Waals surface area contributed by atoms with Gasteiger partial charge in [-0.2, -0.15) is 0 Å². The van der Waals surface area contributed by atoms with Crippen LogP contribution in [0.1, 0.15) is 36.6 Å². The second-order valence-corrected chi connectivity index (χ2v) is 11.5. The number of thiazole rings is 1. The number of para-hydroxylation sites is 1. The van der Waals surface area contributed by atoms with Crippen LogP contribution in [0.4, 0.5) is 0 Å². The first-order chi connectivity index (χ1) is 20.4. The normalized spacial score (nSPS) is 14.7. The lowest BCUT2D eigenvalue weighted by molar-refractivity contribution is -0.139. The monoisotopic (exact) mass is 696 g/mol. The van der Waals surface area contributed by atoms with Gasteiger partial charge in [-0.3, -0.25) is 9.36 Å². The Morgan fingerprint density at radius 1 is 1.05 bits per heavy atom. The number of carbonyl (C=O) groups is 1. The molecule has 2 heterocycles. The summed E-state index contributed by atoms with van der Waals surface area (Å²) in [7, 11) is 3.15. The first kappa shape index (κ1) is 29.6. The predicted molar refractivity (Wildman–Crippen MR) is 170 cm³/mol. The Kier molecular flexibility index (Phi) is 9.12. The van der Waals surface area contributed by atoms with Crippen LogP contribution < -0.4 is 29.1 Å². The average molecular weight is 697 g/mol. The summed E-state index contributed by atoms with van der Waals surface area (Å²) in [4.78, 5) is 32.3. The van der Waals surface area contributed by atoms with E-state index in [9.17, 15) is 9.59 Å². The largest absolute Gasteiger partial charge is 0.496 e. The van der Waals surface area contributed by atoms with E-state index >= 15 is 0 Å². The lowest BCUT2D eigenvalue weighted by Crippen LogP contribution is -2.40. The molecule has 0 saturated carbocycles. The van der Waals surface area contributed by atoms with Crippen LogP contribution in [-0.2, 0) is 16.1 Å². The molecule has 216 valence electrons. The number of allylic oxidation sites excluding steroid dienone is 1. The molecule has 0 fully saturated rings. The highest BCUT2D eigenvalue weighted by Crippen LogP contribution is 2.36. The van der Waals surface area contributed by atoms with Crippen molar-refractivity contribution >= 4 is 46.0 Å². The number of aromatic nitrogens is 1. The van der Waals surface area contributed by atoms with Crippen molar-refractivity contribution < 1.29 is 23.7 Å². The summed E-state index contributed by atoms with van der Waals surface area (Å²) in [6.07, 6.45) is 1.80. The van der Waals surface area contributed by atoms with Crippen LogP contribution in [-0.4, -0.2) is 31.4 Å². The molecule has 1 atom stereocenters. The van der Waals surface area contributed by atoms with Crippen LogP contribution in [0.15, 0.2) is 87.8 Å². The number of carbonyl (C=O) groups excluding carboxylic acids is 1. The molecular formula is C32H29IN2O6S. The number of fused-ring (bicyclic) bond motifs is 1. The molecule has 8 nitrogen and oxygen atoms in total. The molecule has 3 aromatic carbocycles. The molecule has 1 aromatic heterocycles. The number of nitrogens with zero attached hydrogens (tertiary/aromatic N) is 2. The Labute approximate surface area is 260 Å². The fraction of sp³-hybridized carbons (Fsp3) is 0.219. The number of hydrogen-bond acceptors (Lipinski definition) is 8. The number of ether oxygens (including phenoxy) is 4. The molecular weight excluding hydrogens is 667 g/mol. The topological polar surface area (TPSA) is 88.4 Å². The summed E-state index contributed by atoms with van der Waals surface area (Å²) in [6, 6.07) is 20.3. The Hall–Kier alpha value is -3.90. The number of methoxy groups -OCH3 is 2. The Morgan fingerprint density at radius 2 is 1.76 bits per heavy atom. The van der Waals surface area contributed by atoms with Gasteiger partial charge in [-0.15, -0.1) is 0 Å². The van der Waals surface area contributed by atoms with E-state index in [0.717, 1.165) is 14.7 Å². The van der Waals surface area contributed by atoms with E-state index in [4.69, 9.17) is 18.9 Å². The number of rotatable bonds is 9. The summed E-state index contributed by atoms with van der Waals surface area (Å²) in [6.45, 7) is 4.10. The van der Waals surface area contributed by atoms with Gasteiger partial charge in [-0.1, -0.05) is 59.9 Å². The van der Waals surface area contributed by atoms with Crippen molar-refractivity contribution in [3.63, 3.8) is 0 Å². The van der Waals surface area contributed by atoms with Gasteiger partial charge in [0.2, 0.25) is 0 Å². The predicted octanol–water partition coefficient (Wildman–Crippen LogP) is 5.00. The summed E-state index contributed by atoms with van der Waals surface area (Å²) < 4.78 is 25.6. The second-order valence-electron chi connectivity index (χ2n) is 9.35. The molecule has 1 aliphatic heterocycles. The summed E-state index contributed by atoms with van der Waals surface area (Å²) in [5.74, 6) is 1.23. The van der Waals surface area contributed by atoms with Gasteiger partial charge in [0.25, 0.3) is 5.56 Å². The number of halogens is 1. The van der Waals surface area contributed by atoms with Gasteiger partial charge in [0.1, 0.15) is 18.4 Å². The van der Waals surface area contributed by atoms with E-state index in [1.807, 2.05) is 60.7 Å². The highest BCUT2D eigenvalue weighted by atomic mass is 127. The van der Waals surface area contributed by atoms with Crippen LogP contribution in [0.2, 0.25) is 0 Å². The van der Waals surface area contributed by atoms with Gasteiger partial charge in [0.15, 0.2) is 16.3 Å². The van der Waals surface area contributed by atoms with Crippen molar-refractivity contribution in [2.45, 2.75) is 26.5 Å². The van der Waals surface area contributed by atoms with Gasteiger partial charge in [0, 0.05) is 5.56 Å². The zero-order chi connectivity index (χ0) is 29.8. The number of hydrogen-bond donors (Lipinski definition) is 0. The lowest BCUT2D eigenvalue weighted by Gasteiger charge is -2.25. The van der Waals surface area contributed by atoms with Gasteiger partial charge in [-0.05, 0) is 71.8 Å². The minimum absolute atomic E-state index is 0.199. The number of benzene rings is 3. The molecule has 10 heteroatoms. The van der Waals surface area contributed by atoms with Crippen LogP contribution in [0.3, 0.4) is 0 Å². The molecule has 1 unspecified atom stereocenters. The number of esters is 1. The maximum Gasteiger partial charge on any atom is 0.338 e. The maximum absolute atomic E-state index is 14.0.